The van der Waals surface area contributed by atoms with Crippen LogP contribution in [0.25, 0.3) is 0 Å². The molecule has 1 aliphatic carbocycles. The van der Waals surface area contributed by atoms with Gasteiger partial charge in [0.05, 0.1) is 10.5 Å². The van der Waals surface area contributed by atoms with Crippen molar-refractivity contribution in [2.24, 2.45) is 5.92 Å². The Labute approximate surface area is 120 Å². The van der Waals surface area contributed by atoms with E-state index in [9.17, 15) is 13.2 Å². The topological polar surface area (TPSA) is 83.5 Å². The number of halogens is 1. The van der Waals surface area contributed by atoms with Crippen LogP contribution < -0.4 is 4.72 Å². The Morgan fingerprint density at radius 3 is 2.53 bits per heavy atom. The summed E-state index contributed by atoms with van der Waals surface area (Å²) < 4.78 is 27.2. The van der Waals surface area contributed by atoms with Gasteiger partial charge in [-0.1, -0.05) is 6.92 Å². The number of carboxylic acids is 1. The van der Waals surface area contributed by atoms with E-state index >= 15 is 0 Å². The Morgan fingerprint density at radius 2 is 2.05 bits per heavy atom. The maximum absolute atomic E-state index is 12.2. The normalized spacial score (nSPS) is 22.8. The van der Waals surface area contributed by atoms with Crippen LogP contribution in [0.2, 0.25) is 0 Å². The lowest BCUT2D eigenvalue weighted by Crippen LogP contribution is -2.43. The highest BCUT2D eigenvalue weighted by Crippen LogP contribution is 2.29. The lowest BCUT2D eigenvalue weighted by molar-refractivity contribution is 0.0696. The summed E-state index contributed by atoms with van der Waals surface area (Å²) in [6, 6.07) is 3.86. The van der Waals surface area contributed by atoms with Crippen molar-refractivity contribution in [3.63, 3.8) is 0 Å². The van der Waals surface area contributed by atoms with E-state index in [0.717, 1.165) is 12.8 Å². The third-order valence-electron chi connectivity index (χ3n) is 3.16. The predicted molar refractivity (Wildman–Crippen MR) is 73.6 cm³/mol. The van der Waals surface area contributed by atoms with Crippen LogP contribution in [0, 0.1) is 5.92 Å². The highest BCUT2D eigenvalue weighted by atomic mass is 79.9. The Morgan fingerprint density at radius 1 is 1.42 bits per heavy atom. The molecule has 0 radical (unpaired) electrons. The van der Waals surface area contributed by atoms with Crippen LogP contribution >= 0.6 is 15.9 Å². The number of benzene rings is 1. The van der Waals surface area contributed by atoms with Gasteiger partial charge in [0.2, 0.25) is 10.0 Å². The Hall–Kier alpha value is -0.920. The van der Waals surface area contributed by atoms with Gasteiger partial charge in [-0.05, 0) is 52.9 Å². The molecule has 0 aromatic heterocycles. The Bertz CT molecular complexity index is 608. The van der Waals surface area contributed by atoms with E-state index in [2.05, 4.69) is 27.6 Å². The van der Waals surface area contributed by atoms with Crippen molar-refractivity contribution in [3.05, 3.63) is 28.2 Å². The second-order valence-corrected chi connectivity index (χ2v) is 7.38. The van der Waals surface area contributed by atoms with Crippen LogP contribution in [-0.2, 0) is 10.0 Å². The molecular formula is C12H14BrNO4S. The lowest BCUT2D eigenvalue weighted by atomic mass is 9.83. The number of aromatic carboxylic acids is 1. The Balaban J connectivity index is 2.23. The summed E-state index contributed by atoms with van der Waals surface area (Å²) in [4.78, 5) is 10.9. The van der Waals surface area contributed by atoms with Gasteiger partial charge in [0, 0.05) is 10.5 Å². The summed E-state index contributed by atoms with van der Waals surface area (Å²) in [6.07, 6.45) is 1.67. The first-order chi connectivity index (χ1) is 8.79. The van der Waals surface area contributed by atoms with E-state index in [1.807, 2.05) is 0 Å². The van der Waals surface area contributed by atoms with Crippen molar-refractivity contribution < 1.29 is 18.3 Å². The van der Waals surface area contributed by atoms with Gasteiger partial charge >= 0.3 is 5.97 Å². The second-order valence-electron chi connectivity index (χ2n) is 4.85. The number of sulfonamides is 1. The fourth-order valence-corrected chi connectivity index (χ4v) is 4.47. The molecule has 2 rings (SSSR count). The van der Waals surface area contributed by atoms with Gasteiger partial charge in [-0.2, -0.15) is 0 Å². The number of nitrogens with one attached hydrogen (secondary N) is 1. The van der Waals surface area contributed by atoms with Crippen molar-refractivity contribution in [1.29, 1.82) is 0 Å². The number of rotatable bonds is 4. The number of carboxylic acid groups (broad SMARTS) is 1. The number of hydrogen-bond acceptors (Lipinski definition) is 3. The van der Waals surface area contributed by atoms with E-state index in [1.54, 1.807) is 0 Å². The summed E-state index contributed by atoms with van der Waals surface area (Å²) in [6.45, 7) is 2.07. The third-order valence-corrected chi connectivity index (χ3v) is 5.66. The van der Waals surface area contributed by atoms with Gasteiger partial charge in [-0.3, -0.25) is 0 Å². The maximum atomic E-state index is 12.2. The smallest absolute Gasteiger partial charge is 0.335 e. The van der Waals surface area contributed by atoms with Crippen LogP contribution in [0.3, 0.4) is 0 Å². The fraction of sp³-hybridized carbons (Fsp3) is 0.417. The first kappa shape index (κ1) is 14.5. The van der Waals surface area contributed by atoms with Crippen LogP contribution in [0.15, 0.2) is 27.6 Å². The molecule has 0 spiro atoms. The van der Waals surface area contributed by atoms with Gasteiger partial charge in [0.15, 0.2) is 0 Å². The minimum atomic E-state index is -3.61. The maximum Gasteiger partial charge on any atom is 0.335 e. The zero-order valence-corrected chi connectivity index (χ0v) is 12.7. The minimum Gasteiger partial charge on any atom is -0.478 e. The summed E-state index contributed by atoms with van der Waals surface area (Å²) in [7, 11) is -3.61. The molecule has 0 unspecified atom stereocenters. The summed E-state index contributed by atoms with van der Waals surface area (Å²) >= 11 is 3.11. The van der Waals surface area contributed by atoms with Crippen LogP contribution in [0.4, 0.5) is 0 Å². The zero-order valence-electron chi connectivity index (χ0n) is 10.3. The Kier molecular flexibility index (Phi) is 3.98. The highest BCUT2D eigenvalue weighted by molar-refractivity contribution is 9.10. The van der Waals surface area contributed by atoms with Gasteiger partial charge in [-0.15, -0.1) is 0 Å². The predicted octanol–water partition coefficient (Wildman–Crippen LogP) is 2.22. The average molecular weight is 348 g/mol. The van der Waals surface area contributed by atoms with Crippen molar-refractivity contribution >= 4 is 31.9 Å². The van der Waals surface area contributed by atoms with Crippen molar-refractivity contribution in [1.82, 2.24) is 4.72 Å². The van der Waals surface area contributed by atoms with Crippen molar-refractivity contribution in [2.75, 3.05) is 0 Å². The van der Waals surface area contributed by atoms with Crippen LogP contribution in [-0.4, -0.2) is 25.5 Å². The van der Waals surface area contributed by atoms with E-state index in [4.69, 9.17) is 5.11 Å². The van der Waals surface area contributed by atoms with Crippen molar-refractivity contribution in [3.8, 4) is 0 Å². The largest absolute Gasteiger partial charge is 0.478 e. The SMILES string of the molecule is CC1CC(NS(=O)(=O)c2ccc(C(=O)O)cc2Br)C1. The molecule has 2 N–H and O–H groups in total. The zero-order chi connectivity index (χ0) is 14.2. The van der Waals surface area contributed by atoms with Crippen molar-refractivity contribution in [2.45, 2.75) is 30.7 Å². The minimum absolute atomic E-state index is 0.0222. The molecule has 0 bridgehead atoms. The molecule has 0 saturated heterocycles. The molecule has 104 valence electrons. The molecular weight excluding hydrogens is 334 g/mol. The number of hydrogen-bond donors (Lipinski definition) is 2. The van der Waals surface area contributed by atoms with E-state index in [-0.39, 0.29) is 21.0 Å². The highest BCUT2D eigenvalue weighted by Gasteiger charge is 2.30. The lowest BCUT2D eigenvalue weighted by Gasteiger charge is -2.33. The van der Waals surface area contributed by atoms with Crippen LogP contribution in [0.1, 0.15) is 30.1 Å². The quantitative estimate of drug-likeness (QED) is 0.874. The molecule has 1 fully saturated rings. The summed E-state index contributed by atoms with van der Waals surface area (Å²) in [5, 5.41) is 8.84. The molecule has 1 aromatic carbocycles. The standard InChI is InChI=1S/C12H14BrNO4S/c1-7-4-9(5-7)14-19(17,18)11-3-2-8(12(15)16)6-10(11)13/h2-3,6-7,9,14H,4-5H2,1H3,(H,15,16). The summed E-state index contributed by atoms with van der Waals surface area (Å²) in [5.74, 6) is -0.545. The first-order valence-electron chi connectivity index (χ1n) is 5.85. The molecule has 1 saturated carbocycles. The average Bonchev–Trinajstić information content (AvgIpc) is 2.26. The van der Waals surface area contributed by atoms with Gasteiger partial charge < -0.3 is 5.11 Å². The monoisotopic (exact) mass is 347 g/mol. The van der Waals surface area contributed by atoms with Gasteiger partial charge in [-0.25, -0.2) is 17.9 Å². The van der Waals surface area contributed by atoms with Gasteiger partial charge in [0.1, 0.15) is 0 Å². The number of carbonyl (C=O) groups is 1. The van der Waals surface area contributed by atoms with E-state index < -0.39 is 16.0 Å². The molecule has 0 amide bonds. The molecule has 1 aromatic rings. The third kappa shape index (κ3) is 3.16. The second kappa shape index (κ2) is 5.22. The van der Waals surface area contributed by atoms with E-state index in [0.29, 0.717) is 5.92 Å². The molecule has 5 nitrogen and oxygen atoms in total. The molecule has 1 aliphatic rings. The molecule has 0 atom stereocenters. The summed E-state index contributed by atoms with van der Waals surface area (Å²) in [5.41, 5.74) is 0.0445. The van der Waals surface area contributed by atoms with Crippen LogP contribution in [0.5, 0.6) is 0 Å². The van der Waals surface area contributed by atoms with Gasteiger partial charge in [0.25, 0.3) is 0 Å². The molecule has 0 heterocycles. The van der Waals surface area contributed by atoms with E-state index in [1.165, 1.54) is 18.2 Å². The molecule has 7 heteroatoms. The first-order valence-corrected chi connectivity index (χ1v) is 8.12. The molecule has 0 aliphatic heterocycles. The fourth-order valence-electron chi connectivity index (χ4n) is 2.13. The molecule has 19 heavy (non-hydrogen) atoms.